The zero-order chi connectivity index (χ0) is 20.9. The van der Waals surface area contributed by atoms with Gasteiger partial charge in [-0.2, -0.15) is 0 Å². The fourth-order valence-corrected chi connectivity index (χ4v) is 3.73. The summed E-state index contributed by atoms with van der Waals surface area (Å²) in [6.07, 6.45) is -0.902. The molecule has 1 amide bonds. The maximum Gasteiger partial charge on any atom is 0.407 e. The highest BCUT2D eigenvalue weighted by molar-refractivity contribution is 6.03. The van der Waals surface area contributed by atoms with Crippen molar-refractivity contribution < 1.29 is 19.4 Å². The van der Waals surface area contributed by atoms with Crippen LogP contribution in [0.4, 0.5) is 4.79 Å². The van der Waals surface area contributed by atoms with E-state index in [4.69, 9.17) is 4.74 Å². The Labute approximate surface area is 173 Å². The molecule has 0 heterocycles. The van der Waals surface area contributed by atoms with E-state index in [-0.39, 0.29) is 13.0 Å². The molecule has 0 aliphatic rings. The monoisotopic (exact) mass is 399 g/mol. The highest BCUT2D eigenvalue weighted by atomic mass is 16.5. The predicted octanol–water partition coefficient (Wildman–Crippen LogP) is 5.44. The minimum Gasteiger partial charge on any atom is -0.481 e. The van der Waals surface area contributed by atoms with Gasteiger partial charge in [-0.3, -0.25) is 4.79 Å². The highest BCUT2D eigenvalue weighted by Gasteiger charge is 2.23. The average molecular weight is 399 g/mol. The van der Waals surface area contributed by atoms with Crippen molar-refractivity contribution in [1.29, 1.82) is 0 Å². The average Bonchev–Trinajstić information content (AvgIpc) is 2.76. The summed E-state index contributed by atoms with van der Waals surface area (Å²) in [6, 6.07) is 26.2. The van der Waals surface area contributed by atoms with E-state index in [1.165, 1.54) is 0 Å². The van der Waals surface area contributed by atoms with Crippen molar-refractivity contribution in [2.45, 2.75) is 19.1 Å². The van der Waals surface area contributed by atoms with Crippen LogP contribution >= 0.6 is 0 Å². The minimum absolute atomic E-state index is 0.114. The van der Waals surface area contributed by atoms with Crippen LogP contribution in [0.2, 0.25) is 0 Å². The van der Waals surface area contributed by atoms with E-state index in [2.05, 4.69) is 11.4 Å². The Kier molecular flexibility index (Phi) is 5.61. The lowest BCUT2D eigenvalue weighted by atomic mass is 9.91. The van der Waals surface area contributed by atoms with Crippen LogP contribution in [0, 0.1) is 0 Å². The lowest BCUT2D eigenvalue weighted by Crippen LogP contribution is -2.31. The van der Waals surface area contributed by atoms with Crippen molar-refractivity contribution in [2.24, 2.45) is 0 Å². The molecule has 5 nitrogen and oxygen atoms in total. The van der Waals surface area contributed by atoms with E-state index >= 15 is 0 Å². The molecule has 150 valence electrons. The molecule has 0 fully saturated rings. The van der Waals surface area contributed by atoms with Crippen LogP contribution in [0.15, 0.2) is 84.9 Å². The molecule has 0 saturated heterocycles. The second-order valence-corrected chi connectivity index (χ2v) is 7.09. The number of carboxylic acids is 1. The number of nitrogens with one attached hydrogen (secondary N) is 1. The molecule has 0 bridgehead atoms. The number of hydrogen-bond donors (Lipinski definition) is 2. The van der Waals surface area contributed by atoms with Crippen molar-refractivity contribution in [3.05, 3.63) is 96.1 Å². The Balaban J connectivity index is 1.70. The number of alkyl carbamates (subject to hydrolysis) is 1. The van der Waals surface area contributed by atoms with Gasteiger partial charge in [0.05, 0.1) is 12.5 Å². The van der Waals surface area contributed by atoms with Crippen molar-refractivity contribution in [3.8, 4) is 0 Å². The number of carbonyl (C=O) groups is 2. The zero-order valence-electron chi connectivity index (χ0n) is 16.2. The molecule has 0 unspecified atom stereocenters. The van der Waals surface area contributed by atoms with Gasteiger partial charge in [0, 0.05) is 0 Å². The van der Waals surface area contributed by atoms with Gasteiger partial charge < -0.3 is 15.2 Å². The Bertz CT molecular complexity index is 1150. The van der Waals surface area contributed by atoms with Gasteiger partial charge in [0.15, 0.2) is 0 Å². The summed E-state index contributed by atoms with van der Waals surface area (Å²) in [5, 5.41) is 16.1. The maximum atomic E-state index is 12.5. The highest BCUT2D eigenvalue weighted by Crippen LogP contribution is 2.34. The van der Waals surface area contributed by atoms with Gasteiger partial charge in [-0.1, -0.05) is 78.9 Å². The van der Waals surface area contributed by atoms with Crippen molar-refractivity contribution in [3.63, 3.8) is 0 Å². The summed E-state index contributed by atoms with van der Waals surface area (Å²) in [7, 11) is 0. The standard InChI is InChI=1S/C25H21NO4/c27-23(28)15-22(26-25(29)30-16-17-8-2-1-3-9-17)24-20-12-6-4-10-18(20)14-19-11-5-7-13-21(19)24/h1-14,22H,15-16H2,(H,26,29)(H,27,28)/t22-/m1/s1. The molecule has 0 aliphatic carbocycles. The molecule has 0 saturated carbocycles. The largest absolute Gasteiger partial charge is 0.481 e. The van der Waals surface area contributed by atoms with E-state index in [1.54, 1.807) is 0 Å². The van der Waals surface area contributed by atoms with E-state index in [0.29, 0.717) is 0 Å². The summed E-state index contributed by atoms with van der Waals surface area (Å²) in [5.74, 6) is -1.000. The lowest BCUT2D eigenvalue weighted by molar-refractivity contribution is -0.137. The number of aliphatic carboxylic acids is 1. The summed E-state index contributed by atoms with van der Waals surface area (Å²) in [5.41, 5.74) is 1.64. The van der Waals surface area contributed by atoms with Crippen LogP contribution in [-0.4, -0.2) is 17.2 Å². The molecule has 2 N–H and O–H groups in total. The molecular formula is C25H21NO4. The third kappa shape index (κ3) is 4.25. The fourth-order valence-electron chi connectivity index (χ4n) is 3.73. The third-order valence-corrected chi connectivity index (χ3v) is 5.04. The van der Waals surface area contributed by atoms with E-state index in [0.717, 1.165) is 32.7 Å². The topological polar surface area (TPSA) is 75.6 Å². The number of ether oxygens (including phenoxy) is 1. The molecule has 4 aromatic rings. The number of hydrogen-bond acceptors (Lipinski definition) is 3. The van der Waals surface area contributed by atoms with Crippen LogP contribution in [0.3, 0.4) is 0 Å². The maximum absolute atomic E-state index is 12.5. The van der Waals surface area contributed by atoms with E-state index in [1.807, 2.05) is 78.9 Å². The molecular weight excluding hydrogens is 378 g/mol. The fraction of sp³-hybridized carbons (Fsp3) is 0.120. The predicted molar refractivity (Wildman–Crippen MR) is 116 cm³/mol. The first-order valence-corrected chi connectivity index (χ1v) is 9.71. The SMILES string of the molecule is O=C(O)C[C@@H](NC(=O)OCc1ccccc1)c1c2ccccc2cc2ccccc12. The van der Waals surface area contributed by atoms with E-state index < -0.39 is 18.1 Å². The van der Waals surface area contributed by atoms with Gasteiger partial charge in [-0.05, 0) is 38.7 Å². The number of benzene rings is 4. The van der Waals surface area contributed by atoms with Gasteiger partial charge in [-0.15, -0.1) is 0 Å². The second-order valence-electron chi connectivity index (χ2n) is 7.09. The van der Waals surface area contributed by atoms with Crippen LogP contribution in [0.5, 0.6) is 0 Å². The number of carbonyl (C=O) groups excluding carboxylic acids is 1. The zero-order valence-corrected chi connectivity index (χ0v) is 16.2. The Morgan fingerprint density at radius 3 is 2.00 bits per heavy atom. The van der Waals surface area contributed by atoms with Crippen molar-refractivity contribution in [1.82, 2.24) is 5.32 Å². The summed E-state index contributed by atoms with van der Waals surface area (Å²) >= 11 is 0. The second kappa shape index (κ2) is 8.66. The number of fused-ring (bicyclic) bond motifs is 2. The van der Waals surface area contributed by atoms with Crippen LogP contribution < -0.4 is 5.32 Å². The number of amides is 1. The van der Waals surface area contributed by atoms with E-state index in [9.17, 15) is 14.7 Å². The molecule has 30 heavy (non-hydrogen) atoms. The Morgan fingerprint density at radius 2 is 1.40 bits per heavy atom. The first kappa shape index (κ1) is 19.5. The quantitative estimate of drug-likeness (QED) is 0.424. The van der Waals surface area contributed by atoms with Gasteiger partial charge >= 0.3 is 12.1 Å². The van der Waals surface area contributed by atoms with Crippen molar-refractivity contribution in [2.75, 3.05) is 0 Å². The van der Waals surface area contributed by atoms with Gasteiger partial charge in [-0.25, -0.2) is 4.79 Å². The van der Waals surface area contributed by atoms with Gasteiger partial charge in [0.2, 0.25) is 0 Å². The molecule has 0 radical (unpaired) electrons. The lowest BCUT2D eigenvalue weighted by Gasteiger charge is -2.21. The third-order valence-electron chi connectivity index (χ3n) is 5.04. The molecule has 0 aromatic heterocycles. The van der Waals surface area contributed by atoms with Crippen LogP contribution in [-0.2, 0) is 16.1 Å². The van der Waals surface area contributed by atoms with Crippen LogP contribution in [0.1, 0.15) is 23.6 Å². The number of rotatable bonds is 6. The molecule has 4 aromatic carbocycles. The summed E-state index contributed by atoms with van der Waals surface area (Å²) in [6.45, 7) is 0.114. The Morgan fingerprint density at radius 1 is 0.833 bits per heavy atom. The van der Waals surface area contributed by atoms with Gasteiger partial charge in [0.1, 0.15) is 6.61 Å². The minimum atomic E-state index is -1.000. The first-order chi connectivity index (χ1) is 14.6. The molecule has 4 rings (SSSR count). The van der Waals surface area contributed by atoms with Crippen molar-refractivity contribution >= 4 is 33.6 Å². The number of carboxylic acid groups (broad SMARTS) is 1. The molecule has 1 atom stereocenters. The van der Waals surface area contributed by atoms with Gasteiger partial charge in [0.25, 0.3) is 0 Å². The Hall–Kier alpha value is -3.86. The smallest absolute Gasteiger partial charge is 0.407 e. The molecule has 5 heteroatoms. The summed E-state index contributed by atoms with van der Waals surface area (Å²) < 4.78 is 5.34. The van der Waals surface area contributed by atoms with Crippen LogP contribution in [0.25, 0.3) is 21.5 Å². The first-order valence-electron chi connectivity index (χ1n) is 9.71. The normalized spacial score (nSPS) is 11.9. The summed E-state index contributed by atoms with van der Waals surface area (Å²) in [4.78, 5) is 24.2. The molecule has 0 aliphatic heterocycles. The molecule has 0 spiro atoms.